The molecule has 0 saturated heterocycles. The van der Waals surface area contributed by atoms with Crippen LogP contribution in [0.2, 0.25) is 0 Å². The third kappa shape index (κ3) is 8.55. The molecule has 25 heavy (non-hydrogen) atoms. The van der Waals surface area contributed by atoms with Crippen molar-refractivity contribution in [2.75, 3.05) is 13.2 Å². The number of ether oxygens (including phenoxy) is 2. The number of hydrogen-bond donors (Lipinski definition) is 0. The van der Waals surface area contributed by atoms with E-state index in [1.807, 2.05) is 13.0 Å². The monoisotopic (exact) mass is 352 g/mol. The van der Waals surface area contributed by atoms with Crippen molar-refractivity contribution >= 4 is 11.9 Å². The average molecular weight is 353 g/mol. The molecular weight excluding hydrogens is 316 g/mol. The molecule has 0 radical (unpaired) electrons. The normalized spacial score (nSPS) is 20.0. The van der Waals surface area contributed by atoms with Crippen LogP contribution < -0.4 is 0 Å². The van der Waals surface area contributed by atoms with Crippen molar-refractivity contribution in [3.05, 3.63) is 11.6 Å². The summed E-state index contributed by atoms with van der Waals surface area (Å²) in [6, 6.07) is 0. The Bertz CT molecular complexity index is 428. The fourth-order valence-corrected chi connectivity index (χ4v) is 3.19. The third-order valence-electron chi connectivity index (χ3n) is 4.84. The van der Waals surface area contributed by atoms with Gasteiger partial charge in [-0.2, -0.15) is 0 Å². The molecule has 0 N–H and O–H groups in total. The van der Waals surface area contributed by atoms with Crippen LogP contribution in [0.5, 0.6) is 0 Å². The van der Waals surface area contributed by atoms with Crippen molar-refractivity contribution in [1.29, 1.82) is 0 Å². The fourth-order valence-electron chi connectivity index (χ4n) is 3.19. The van der Waals surface area contributed by atoms with Crippen LogP contribution in [0.25, 0.3) is 0 Å². The minimum Gasteiger partial charge on any atom is -0.465 e. The number of hydrogen-bond acceptors (Lipinski definition) is 4. The standard InChI is InChI=1S/C21H36O4/c1-4-6-8-10-14-24-20(22)18-13-12-17(3)16-19(18)21(23)25-15-11-9-7-5-2/h12,18-19H,4-11,13-16H2,1-3H3. The Kier molecular flexibility index (Phi) is 11.3. The van der Waals surface area contributed by atoms with Crippen LogP contribution in [0.3, 0.4) is 0 Å². The summed E-state index contributed by atoms with van der Waals surface area (Å²) < 4.78 is 10.9. The molecule has 2 atom stereocenters. The van der Waals surface area contributed by atoms with Crippen molar-refractivity contribution in [3.8, 4) is 0 Å². The minimum atomic E-state index is -0.391. The summed E-state index contributed by atoms with van der Waals surface area (Å²) in [4.78, 5) is 24.9. The van der Waals surface area contributed by atoms with E-state index in [0.29, 0.717) is 26.1 Å². The summed E-state index contributed by atoms with van der Waals surface area (Å²) in [6.07, 6.45) is 11.8. The first-order valence-corrected chi connectivity index (χ1v) is 10.1. The van der Waals surface area contributed by atoms with Crippen LogP contribution in [0, 0.1) is 11.8 Å². The van der Waals surface area contributed by atoms with E-state index in [0.717, 1.165) is 56.9 Å². The smallest absolute Gasteiger partial charge is 0.310 e. The number of allylic oxidation sites excluding steroid dienone is 2. The largest absolute Gasteiger partial charge is 0.465 e. The van der Waals surface area contributed by atoms with Gasteiger partial charge in [-0.25, -0.2) is 0 Å². The van der Waals surface area contributed by atoms with E-state index in [2.05, 4.69) is 13.8 Å². The van der Waals surface area contributed by atoms with Crippen LogP contribution in [0.15, 0.2) is 11.6 Å². The molecule has 1 aliphatic rings. The number of unbranched alkanes of at least 4 members (excludes halogenated alkanes) is 6. The number of rotatable bonds is 12. The Morgan fingerprint density at radius 2 is 1.40 bits per heavy atom. The third-order valence-corrected chi connectivity index (χ3v) is 4.84. The van der Waals surface area contributed by atoms with E-state index < -0.39 is 5.92 Å². The highest BCUT2D eigenvalue weighted by atomic mass is 16.5. The molecule has 0 aromatic rings. The van der Waals surface area contributed by atoms with Gasteiger partial charge in [0.2, 0.25) is 0 Å². The van der Waals surface area contributed by atoms with Crippen LogP contribution in [-0.2, 0) is 19.1 Å². The molecule has 1 rings (SSSR count). The van der Waals surface area contributed by atoms with Crippen LogP contribution in [0.4, 0.5) is 0 Å². The maximum Gasteiger partial charge on any atom is 0.310 e. The molecule has 1 aliphatic carbocycles. The molecule has 4 heteroatoms. The number of esters is 2. The molecular formula is C21H36O4. The Hall–Kier alpha value is -1.32. The molecule has 0 aromatic heterocycles. The van der Waals surface area contributed by atoms with Gasteiger partial charge >= 0.3 is 11.9 Å². The van der Waals surface area contributed by atoms with Gasteiger partial charge in [-0.1, -0.05) is 64.0 Å². The fraction of sp³-hybridized carbons (Fsp3) is 0.810. The molecule has 0 aliphatic heterocycles. The summed E-state index contributed by atoms with van der Waals surface area (Å²) >= 11 is 0. The van der Waals surface area contributed by atoms with Crippen molar-refractivity contribution in [2.45, 2.75) is 85.0 Å². The van der Waals surface area contributed by atoms with Gasteiger partial charge in [-0.3, -0.25) is 9.59 Å². The average Bonchev–Trinajstić information content (AvgIpc) is 2.61. The Balaban J connectivity index is 2.45. The van der Waals surface area contributed by atoms with Crippen molar-refractivity contribution in [1.82, 2.24) is 0 Å². The lowest BCUT2D eigenvalue weighted by Gasteiger charge is -2.27. The van der Waals surface area contributed by atoms with Gasteiger partial charge in [0.1, 0.15) is 0 Å². The quantitative estimate of drug-likeness (QED) is 0.275. The Labute approximate surface area is 153 Å². The summed E-state index contributed by atoms with van der Waals surface area (Å²) in [6.45, 7) is 7.23. The van der Waals surface area contributed by atoms with E-state index >= 15 is 0 Å². The van der Waals surface area contributed by atoms with Gasteiger partial charge in [0.15, 0.2) is 0 Å². The van der Waals surface area contributed by atoms with Gasteiger partial charge in [-0.15, -0.1) is 0 Å². The van der Waals surface area contributed by atoms with E-state index in [4.69, 9.17) is 9.47 Å². The van der Waals surface area contributed by atoms with Crippen LogP contribution in [0.1, 0.15) is 85.0 Å². The Morgan fingerprint density at radius 3 is 1.92 bits per heavy atom. The highest BCUT2D eigenvalue weighted by Crippen LogP contribution is 2.31. The zero-order chi connectivity index (χ0) is 18.5. The second-order valence-corrected chi connectivity index (χ2v) is 7.16. The predicted octanol–water partition coefficient (Wildman–Crippen LogP) is 5.21. The molecule has 144 valence electrons. The Morgan fingerprint density at radius 1 is 0.880 bits per heavy atom. The first-order chi connectivity index (χ1) is 12.1. The minimum absolute atomic E-state index is 0.239. The maximum absolute atomic E-state index is 12.4. The maximum atomic E-state index is 12.4. The first kappa shape index (κ1) is 21.7. The SMILES string of the molecule is CCCCCCOC(=O)C1CC=C(C)CC1C(=O)OCCCCCC. The lowest BCUT2D eigenvalue weighted by atomic mass is 9.80. The second-order valence-electron chi connectivity index (χ2n) is 7.16. The molecule has 0 saturated carbocycles. The highest BCUT2D eigenvalue weighted by Gasteiger charge is 2.37. The molecule has 0 spiro atoms. The van der Waals surface area contributed by atoms with Crippen LogP contribution >= 0.6 is 0 Å². The lowest BCUT2D eigenvalue weighted by molar-refractivity contribution is -0.161. The molecule has 0 fully saturated rings. The van der Waals surface area contributed by atoms with Gasteiger partial charge in [0, 0.05) is 0 Å². The van der Waals surface area contributed by atoms with E-state index in [1.54, 1.807) is 0 Å². The predicted molar refractivity (Wildman–Crippen MR) is 100 cm³/mol. The summed E-state index contributed by atoms with van der Waals surface area (Å²) in [5, 5.41) is 0. The van der Waals surface area contributed by atoms with Gasteiger partial charge in [0.05, 0.1) is 25.0 Å². The van der Waals surface area contributed by atoms with E-state index in [-0.39, 0.29) is 17.9 Å². The van der Waals surface area contributed by atoms with Crippen molar-refractivity contribution in [2.24, 2.45) is 11.8 Å². The van der Waals surface area contributed by atoms with E-state index in [1.165, 1.54) is 0 Å². The topological polar surface area (TPSA) is 52.6 Å². The molecule has 2 unspecified atom stereocenters. The summed E-state index contributed by atoms with van der Waals surface area (Å²) in [5.41, 5.74) is 1.15. The zero-order valence-electron chi connectivity index (χ0n) is 16.4. The zero-order valence-corrected chi connectivity index (χ0v) is 16.4. The van der Waals surface area contributed by atoms with Crippen molar-refractivity contribution in [3.63, 3.8) is 0 Å². The number of carbonyl (C=O) groups is 2. The van der Waals surface area contributed by atoms with Crippen molar-refractivity contribution < 1.29 is 19.1 Å². The molecule has 0 amide bonds. The summed E-state index contributed by atoms with van der Waals surface area (Å²) in [5.74, 6) is -1.26. The van der Waals surface area contributed by atoms with E-state index in [9.17, 15) is 9.59 Å². The van der Waals surface area contributed by atoms with Gasteiger partial charge in [0.25, 0.3) is 0 Å². The molecule has 0 aromatic carbocycles. The number of carbonyl (C=O) groups excluding carboxylic acids is 2. The first-order valence-electron chi connectivity index (χ1n) is 10.1. The highest BCUT2D eigenvalue weighted by molar-refractivity contribution is 5.83. The molecule has 0 heterocycles. The lowest BCUT2D eigenvalue weighted by Crippen LogP contribution is -2.34. The van der Waals surface area contributed by atoms with Gasteiger partial charge in [-0.05, 0) is 32.6 Å². The molecule has 0 bridgehead atoms. The second kappa shape index (κ2) is 13.0. The molecule has 4 nitrogen and oxygen atoms in total. The summed E-state index contributed by atoms with van der Waals surface area (Å²) in [7, 11) is 0. The van der Waals surface area contributed by atoms with Crippen LogP contribution in [-0.4, -0.2) is 25.2 Å². The van der Waals surface area contributed by atoms with Gasteiger partial charge < -0.3 is 9.47 Å².